The van der Waals surface area contributed by atoms with Crippen molar-refractivity contribution < 1.29 is 13.9 Å². The third-order valence-corrected chi connectivity index (χ3v) is 6.24. The summed E-state index contributed by atoms with van der Waals surface area (Å²) in [5.74, 6) is 0.590. The highest BCUT2D eigenvalue weighted by molar-refractivity contribution is 7.18. The van der Waals surface area contributed by atoms with E-state index in [9.17, 15) is 9.59 Å². The smallest absolute Gasteiger partial charge is 0.339 e. The van der Waals surface area contributed by atoms with Crippen molar-refractivity contribution in [2.75, 3.05) is 14.2 Å². The predicted molar refractivity (Wildman–Crippen MR) is 118 cm³/mol. The van der Waals surface area contributed by atoms with Gasteiger partial charge in [0.05, 0.1) is 23.9 Å². The van der Waals surface area contributed by atoms with Gasteiger partial charge in [-0.1, -0.05) is 12.1 Å². The molecule has 1 amide bonds. The van der Waals surface area contributed by atoms with Gasteiger partial charge in [0.15, 0.2) is 0 Å². The lowest BCUT2D eigenvalue weighted by Crippen LogP contribution is -2.27. The zero-order chi connectivity index (χ0) is 21.3. The highest BCUT2D eigenvalue weighted by atomic mass is 32.1. The number of carbonyl (C=O) groups excluding carboxylic acids is 1. The summed E-state index contributed by atoms with van der Waals surface area (Å²) in [6, 6.07) is 13.3. The Hall–Kier alpha value is -3.19. The number of methoxy groups -OCH3 is 1. The lowest BCUT2D eigenvalue weighted by atomic mass is 10.0. The molecule has 7 heteroatoms. The van der Waals surface area contributed by atoms with Gasteiger partial charge in [-0.15, -0.1) is 11.3 Å². The second-order valence-corrected chi connectivity index (χ2v) is 8.30. The Balaban J connectivity index is 1.47. The van der Waals surface area contributed by atoms with Crippen LogP contribution in [0, 0.1) is 6.92 Å². The number of carbonyl (C=O) groups is 1. The van der Waals surface area contributed by atoms with Crippen molar-refractivity contribution in [1.29, 1.82) is 0 Å². The Bertz CT molecular complexity index is 1260. The molecule has 0 saturated heterocycles. The Labute approximate surface area is 177 Å². The van der Waals surface area contributed by atoms with E-state index in [-0.39, 0.29) is 12.3 Å². The van der Waals surface area contributed by atoms with Gasteiger partial charge < -0.3 is 14.1 Å². The molecule has 2 heterocycles. The molecule has 0 radical (unpaired) electrons. The Morgan fingerprint density at radius 3 is 2.80 bits per heavy atom. The average molecular weight is 423 g/mol. The van der Waals surface area contributed by atoms with Gasteiger partial charge in [0.25, 0.3) is 0 Å². The molecule has 0 spiro atoms. The van der Waals surface area contributed by atoms with Gasteiger partial charge in [-0.25, -0.2) is 9.78 Å². The summed E-state index contributed by atoms with van der Waals surface area (Å²) in [6.07, 6.45) is 0.563. The molecule has 0 N–H and O–H groups in total. The summed E-state index contributed by atoms with van der Waals surface area (Å²) >= 11 is 1.59. The number of thiazole rings is 1. The molecule has 0 saturated carbocycles. The van der Waals surface area contributed by atoms with Crippen LogP contribution in [-0.2, 0) is 17.8 Å². The lowest BCUT2D eigenvalue weighted by molar-refractivity contribution is -0.130. The zero-order valence-electron chi connectivity index (χ0n) is 17.1. The van der Waals surface area contributed by atoms with Crippen LogP contribution >= 0.6 is 11.3 Å². The van der Waals surface area contributed by atoms with Gasteiger partial charge in [-0.05, 0) is 43.2 Å². The van der Waals surface area contributed by atoms with Crippen LogP contribution in [-0.4, -0.2) is 29.9 Å². The molecule has 30 heavy (non-hydrogen) atoms. The second-order valence-electron chi connectivity index (χ2n) is 7.18. The SMILES string of the molecule is COc1ccc2c(C)c(CCC(=O)N(C)Cc3nc4ccccc4s3)c(=O)oc2c1. The Kier molecular flexibility index (Phi) is 5.55. The highest BCUT2D eigenvalue weighted by Gasteiger charge is 2.16. The molecule has 4 aromatic rings. The zero-order valence-corrected chi connectivity index (χ0v) is 17.9. The highest BCUT2D eigenvalue weighted by Crippen LogP contribution is 2.25. The van der Waals surface area contributed by atoms with Crippen LogP contribution in [0.3, 0.4) is 0 Å². The molecule has 0 unspecified atom stereocenters. The number of hydrogen-bond donors (Lipinski definition) is 0. The van der Waals surface area contributed by atoms with Crippen LogP contribution in [0.15, 0.2) is 51.7 Å². The number of fused-ring (bicyclic) bond motifs is 2. The molecule has 0 atom stereocenters. The van der Waals surface area contributed by atoms with Crippen LogP contribution in [0.5, 0.6) is 5.75 Å². The molecule has 2 aromatic heterocycles. The summed E-state index contributed by atoms with van der Waals surface area (Å²) in [7, 11) is 3.33. The number of rotatable bonds is 6. The number of hydrogen-bond acceptors (Lipinski definition) is 6. The van der Waals surface area contributed by atoms with E-state index in [0.29, 0.717) is 29.9 Å². The van der Waals surface area contributed by atoms with Crippen LogP contribution in [0.4, 0.5) is 0 Å². The van der Waals surface area contributed by atoms with E-state index < -0.39 is 5.63 Å². The first-order valence-electron chi connectivity index (χ1n) is 9.65. The van der Waals surface area contributed by atoms with Crippen LogP contribution in [0.1, 0.15) is 22.6 Å². The van der Waals surface area contributed by atoms with Gasteiger partial charge in [0.2, 0.25) is 5.91 Å². The first-order valence-corrected chi connectivity index (χ1v) is 10.5. The second kappa shape index (κ2) is 8.28. The molecule has 0 aliphatic heterocycles. The number of ether oxygens (including phenoxy) is 1. The van der Waals surface area contributed by atoms with Crippen molar-refractivity contribution >= 4 is 38.4 Å². The van der Waals surface area contributed by atoms with Crippen LogP contribution in [0.25, 0.3) is 21.2 Å². The van der Waals surface area contributed by atoms with Crippen molar-refractivity contribution in [1.82, 2.24) is 9.88 Å². The number of benzene rings is 2. The first kappa shape index (κ1) is 20.1. The first-order chi connectivity index (χ1) is 14.5. The Morgan fingerprint density at radius 2 is 2.03 bits per heavy atom. The number of amides is 1. The largest absolute Gasteiger partial charge is 0.497 e. The third kappa shape index (κ3) is 3.93. The number of aryl methyl sites for hydroxylation is 1. The molecular weight excluding hydrogens is 400 g/mol. The maximum Gasteiger partial charge on any atom is 0.339 e. The minimum Gasteiger partial charge on any atom is -0.497 e. The number of aromatic nitrogens is 1. The summed E-state index contributed by atoms with van der Waals surface area (Å²) in [5.41, 5.74) is 2.40. The monoisotopic (exact) mass is 422 g/mol. The fraction of sp³-hybridized carbons (Fsp3) is 0.261. The van der Waals surface area contributed by atoms with Crippen molar-refractivity contribution in [3.8, 4) is 5.75 Å². The van der Waals surface area contributed by atoms with Gasteiger partial charge in [0.1, 0.15) is 16.3 Å². The quantitative estimate of drug-likeness (QED) is 0.433. The topological polar surface area (TPSA) is 72.6 Å². The lowest BCUT2D eigenvalue weighted by Gasteiger charge is -2.16. The van der Waals surface area contributed by atoms with E-state index in [2.05, 4.69) is 4.98 Å². The maximum atomic E-state index is 12.7. The van der Waals surface area contributed by atoms with Crippen molar-refractivity contribution in [2.45, 2.75) is 26.3 Å². The molecular formula is C23H22N2O4S. The van der Waals surface area contributed by atoms with E-state index in [4.69, 9.17) is 9.15 Å². The molecule has 0 aliphatic rings. The van der Waals surface area contributed by atoms with Gasteiger partial charge in [-0.2, -0.15) is 0 Å². The number of para-hydroxylation sites is 1. The van der Waals surface area contributed by atoms with E-state index in [0.717, 1.165) is 26.2 Å². The number of nitrogens with zero attached hydrogens (tertiary/aromatic N) is 2. The minimum atomic E-state index is -0.408. The van der Waals surface area contributed by atoms with Crippen molar-refractivity contribution in [2.24, 2.45) is 0 Å². The third-order valence-electron chi connectivity index (χ3n) is 5.22. The van der Waals surface area contributed by atoms with E-state index in [1.165, 1.54) is 0 Å². The van der Waals surface area contributed by atoms with Crippen LogP contribution in [0.2, 0.25) is 0 Å². The van der Waals surface area contributed by atoms with E-state index in [1.54, 1.807) is 36.5 Å². The van der Waals surface area contributed by atoms with Crippen molar-refractivity contribution in [3.63, 3.8) is 0 Å². The molecule has 0 bridgehead atoms. The van der Waals surface area contributed by atoms with Crippen molar-refractivity contribution in [3.05, 3.63) is 69.0 Å². The molecule has 4 rings (SSSR count). The fourth-order valence-corrected chi connectivity index (χ4v) is 4.51. The van der Waals surface area contributed by atoms with E-state index >= 15 is 0 Å². The Morgan fingerprint density at radius 1 is 1.23 bits per heavy atom. The summed E-state index contributed by atoms with van der Waals surface area (Å²) in [5, 5.41) is 1.74. The molecule has 154 valence electrons. The standard InChI is InChI=1S/C23H22N2O4S/c1-14-16-9-8-15(28-3)12-19(16)29-23(27)17(14)10-11-22(26)25(2)13-21-24-18-6-4-5-7-20(18)30-21/h4-9,12H,10-11,13H2,1-3H3. The maximum absolute atomic E-state index is 12.7. The van der Waals surface area contributed by atoms with Gasteiger partial charge in [0, 0.05) is 30.5 Å². The van der Waals surface area contributed by atoms with Gasteiger partial charge in [-0.3, -0.25) is 4.79 Å². The van der Waals surface area contributed by atoms with E-state index in [1.807, 2.05) is 43.3 Å². The summed E-state index contributed by atoms with van der Waals surface area (Å²) < 4.78 is 11.8. The molecule has 0 aliphatic carbocycles. The molecule has 2 aromatic carbocycles. The molecule has 6 nitrogen and oxygen atoms in total. The molecule has 0 fully saturated rings. The van der Waals surface area contributed by atoms with Crippen LogP contribution < -0.4 is 10.4 Å². The average Bonchev–Trinajstić information content (AvgIpc) is 3.15. The predicted octanol–water partition coefficient (Wildman–Crippen LogP) is 4.31. The summed E-state index contributed by atoms with van der Waals surface area (Å²) in [4.78, 5) is 31.4. The van der Waals surface area contributed by atoms with Gasteiger partial charge >= 0.3 is 5.63 Å². The fourth-order valence-electron chi connectivity index (χ4n) is 3.49. The normalized spacial score (nSPS) is 11.2. The minimum absolute atomic E-state index is 0.0390. The summed E-state index contributed by atoms with van der Waals surface area (Å²) in [6.45, 7) is 2.33.